The predicted octanol–water partition coefficient (Wildman–Crippen LogP) is 3.81. The van der Waals surface area contributed by atoms with Crippen molar-refractivity contribution in [3.05, 3.63) is 73.2 Å². The lowest BCUT2D eigenvalue weighted by atomic mass is 9.98. The number of benzene rings is 2. The zero-order chi connectivity index (χ0) is 12.2. The summed E-state index contributed by atoms with van der Waals surface area (Å²) in [6.45, 7) is 0. The van der Waals surface area contributed by atoms with Crippen molar-refractivity contribution in [2.24, 2.45) is 0 Å². The van der Waals surface area contributed by atoms with Gasteiger partial charge in [0.1, 0.15) is 0 Å². The maximum absolute atomic E-state index is 4.37. The zero-order valence-corrected chi connectivity index (χ0v) is 9.82. The summed E-state index contributed by atoms with van der Waals surface area (Å²) in [4.78, 5) is 8.51. The standard InChI is InChI=1S/C16H12N2/c1-2-6-13(7-3-1)14-8-4-5-9-15(14)16-12-17-10-11-18-16/h1-12H. The van der Waals surface area contributed by atoms with Crippen LogP contribution in [0.4, 0.5) is 0 Å². The highest BCUT2D eigenvalue weighted by molar-refractivity contribution is 5.81. The van der Waals surface area contributed by atoms with Crippen LogP contribution in [-0.2, 0) is 0 Å². The van der Waals surface area contributed by atoms with Gasteiger partial charge in [0, 0.05) is 18.0 Å². The van der Waals surface area contributed by atoms with E-state index in [0.29, 0.717) is 0 Å². The largest absolute Gasteiger partial charge is 0.261 e. The van der Waals surface area contributed by atoms with Crippen LogP contribution >= 0.6 is 0 Å². The monoisotopic (exact) mass is 232 g/mol. The molecule has 0 saturated heterocycles. The Hall–Kier alpha value is -2.48. The molecule has 0 amide bonds. The van der Waals surface area contributed by atoms with E-state index in [1.54, 1.807) is 18.6 Å². The Morgan fingerprint density at radius 2 is 1.39 bits per heavy atom. The van der Waals surface area contributed by atoms with Crippen molar-refractivity contribution < 1.29 is 0 Å². The highest BCUT2D eigenvalue weighted by Gasteiger charge is 2.06. The third-order valence-corrected chi connectivity index (χ3v) is 2.85. The maximum Gasteiger partial charge on any atom is 0.0891 e. The normalized spacial score (nSPS) is 10.2. The highest BCUT2D eigenvalue weighted by atomic mass is 14.8. The summed E-state index contributed by atoms with van der Waals surface area (Å²) >= 11 is 0. The number of hydrogen-bond acceptors (Lipinski definition) is 2. The Morgan fingerprint density at radius 3 is 2.11 bits per heavy atom. The first-order valence-electron chi connectivity index (χ1n) is 5.86. The number of nitrogens with zero attached hydrogens (tertiary/aromatic N) is 2. The first-order chi connectivity index (χ1) is 8.95. The van der Waals surface area contributed by atoms with E-state index in [0.717, 1.165) is 11.3 Å². The van der Waals surface area contributed by atoms with Gasteiger partial charge in [-0.2, -0.15) is 0 Å². The Kier molecular flexibility index (Phi) is 2.84. The smallest absolute Gasteiger partial charge is 0.0891 e. The van der Waals surface area contributed by atoms with Crippen LogP contribution in [-0.4, -0.2) is 9.97 Å². The van der Waals surface area contributed by atoms with Gasteiger partial charge in [0.25, 0.3) is 0 Å². The van der Waals surface area contributed by atoms with E-state index in [1.807, 2.05) is 30.3 Å². The summed E-state index contributed by atoms with van der Waals surface area (Å²) in [5, 5.41) is 0. The second kappa shape index (κ2) is 4.80. The molecule has 2 aromatic carbocycles. The zero-order valence-electron chi connectivity index (χ0n) is 9.82. The van der Waals surface area contributed by atoms with Gasteiger partial charge < -0.3 is 0 Å². The molecular weight excluding hydrogens is 220 g/mol. The van der Waals surface area contributed by atoms with Crippen LogP contribution in [0, 0.1) is 0 Å². The van der Waals surface area contributed by atoms with E-state index >= 15 is 0 Å². The molecule has 0 fully saturated rings. The van der Waals surface area contributed by atoms with Crippen LogP contribution in [0.1, 0.15) is 0 Å². The lowest BCUT2D eigenvalue weighted by molar-refractivity contribution is 1.21. The van der Waals surface area contributed by atoms with Crippen LogP contribution in [0.3, 0.4) is 0 Å². The van der Waals surface area contributed by atoms with E-state index in [4.69, 9.17) is 0 Å². The number of hydrogen-bond donors (Lipinski definition) is 0. The van der Waals surface area contributed by atoms with Gasteiger partial charge in [0.2, 0.25) is 0 Å². The summed E-state index contributed by atoms with van der Waals surface area (Å²) in [5.41, 5.74) is 4.38. The summed E-state index contributed by atoms with van der Waals surface area (Å²) in [6.07, 6.45) is 5.20. The van der Waals surface area contributed by atoms with Gasteiger partial charge in [-0.1, -0.05) is 54.6 Å². The Bertz CT molecular complexity index is 575. The summed E-state index contributed by atoms with van der Waals surface area (Å²) in [6, 6.07) is 18.6. The van der Waals surface area contributed by atoms with Crippen molar-refractivity contribution in [2.45, 2.75) is 0 Å². The van der Waals surface area contributed by atoms with E-state index in [1.165, 1.54) is 11.1 Å². The molecule has 1 heterocycles. The molecule has 3 rings (SSSR count). The third-order valence-electron chi connectivity index (χ3n) is 2.85. The molecule has 0 radical (unpaired) electrons. The molecule has 86 valence electrons. The molecule has 0 aliphatic heterocycles. The fraction of sp³-hybridized carbons (Fsp3) is 0. The molecule has 18 heavy (non-hydrogen) atoms. The third kappa shape index (κ3) is 2.00. The summed E-state index contributed by atoms with van der Waals surface area (Å²) in [5.74, 6) is 0. The van der Waals surface area contributed by atoms with Gasteiger partial charge in [0.05, 0.1) is 11.9 Å². The molecule has 0 aliphatic rings. The van der Waals surface area contributed by atoms with Crippen molar-refractivity contribution in [1.82, 2.24) is 9.97 Å². The van der Waals surface area contributed by atoms with Gasteiger partial charge in [-0.25, -0.2) is 0 Å². The van der Waals surface area contributed by atoms with Gasteiger partial charge in [-0.05, 0) is 11.1 Å². The molecule has 2 heteroatoms. The van der Waals surface area contributed by atoms with Crippen LogP contribution in [0.25, 0.3) is 22.4 Å². The molecule has 2 nitrogen and oxygen atoms in total. The first kappa shape index (κ1) is 10.7. The fourth-order valence-electron chi connectivity index (χ4n) is 2.01. The second-order valence-electron chi connectivity index (χ2n) is 4.00. The van der Waals surface area contributed by atoms with Crippen LogP contribution in [0.5, 0.6) is 0 Å². The van der Waals surface area contributed by atoms with Gasteiger partial charge in [-0.3, -0.25) is 9.97 Å². The second-order valence-corrected chi connectivity index (χ2v) is 4.00. The van der Waals surface area contributed by atoms with Crippen molar-refractivity contribution in [2.75, 3.05) is 0 Å². The van der Waals surface area contributed by atoms with Crippen molar-refractivity contribution in [3.8, 4) is 22.4 Å². The molecule has 0 unspecified atom stereocenters. The number of rotatable bonds is 2. The molecule has 0 saturated carbocycles. The summed E-state index contributed by atoms with van der Waals surface area (Å²) in [7, 11) is 0. The van der Waals surface area contributed by atoms with Crippen LogP contribution in [0.15, 0.2) is 73.2 Å². The van der Waals surface area contributed by atoms with Gasteiger partial charge in [0.15, 0.2) is 0 Å². The van der Waals surface area contributed by atoms with E-state index in [9.17, 15) is 0 Å². The van der Waals surface area contributed by atoms with E-state index in [2.05, 4.69) is 34.2 Å². The molecule has 0 aliphatic carbocycles. The minimum absolute atomic E-state index is 0.900. The molecule has 0 bridgehead atoms. The molecule has 3 aromatic rings. The molecule has 0 spiro atoms. The van der Waals surface area contributed by atoms with Crippen LogP contribution < -0.4 is 0 Å². The highest BCUT2D eigenvalue weighted by Crippen LogP contribution is 2.29. The fourth-order valence-corrected chi connectivity index (χ4v) is 2.01. The predicted molar refractivity (Wildman–Crippen MR) is 72.9 cm³/mol. The quantitative estimate of drug-likeness (QED) is 0.671. The minimum Gasteiger partial charge on any atom is -0.261 e. The average molecular weight is 232 g/mol. The van der Waals surface area contributed by atoms with E-state index in [-0.39, 0.29) is 0 Å². The lowest BCUT2D eigenvalue weighted by Gasteiger charge is -2.08. The van der Waals surface area contributed by atoms with Crippen molar-refractivity contribution in [1.29, 1.82) is 0 Å². The Morgan fingerprint density at radius 1 is 0.667 bits per heavy atom. The van der Waals surface area contributed by atoms with Gasteiger partial charge >= 0.3 is 0 Å². The van der Waals surface area contributed by atoms with Gasteiger partial charge in [-0.15, -0.1) is 0 Å². The topological polar surface area (TPSA) is 25.8 Å². The molecular formula is C16H12N2. The molecule has 0 N–H and O–H groups in total. The molecule has 0 atom stereocenters. The molecule has 1 aromatic heterocycles. The van der Waals surface area contributed by atoms with Crippen LogP contribution in [0.2, 0.25) is 0 Å². The van der Waals surface area contributed by atoms with Crippen molar-refractivity contribution in [3.63, 3.8) is 0 Å². The summed E-state index contributed by atoms with van der Waals surface area (Å²) < 4.78 is 0. The maximum atomic E-state index is 4.37. The number of aromatic nitrogens is 2. The SMILES string of the molecule is c1ccc(-c2ccccc2-c2cnccn2)cc1. The van der Waals surface area contributed by atoms with Crippen molar-refractivity contribution >= 4 is 0 Å². The minimum atomic E-state index is 0.900. The first-order valence-corrected chi connectivity index (χ1v) is 5.86. The Labute approximate surface area is 106 Å². The Balaban J connectivity index is 2.18. The average Bonchev–Trinajstić information content (AvgIpc) is 2.49. The van der Waals surface area contributed by atoms with E-state index < -0.39 is 0 Å². The lowest BCUT2D eigenvalue weighted by Crippen LogP contribution is -1.88.